The van der Waals surface area contributed by atoms with Crippen molar-refractivity contribution in [1.82, 2.24) is 14.8 Å². The Morgan fingerprint density at radius 3 is 2.90 bits per heavy atom. The average Bonchev–Trinajstić information content (AvgIpc) is 2.74. The summed E-state index contributed by atoms with van der Waals surface area (Å²) in [5.74, 6) is -0.0958. The number of nitrogen functional groups attached to an aromatic ring is 1. The fraction of sp³-hybridized carbons (Fsp3) is 0.154. The molecule has 6 nitrogen and oxygen atoms in total. The summed E-state index contributed by atoms with van der Waals surface area (Å²) in [7, 11) is 3.10. The maximum absolute atomic E-state index is 11.6. The van der Waals surface area contributed by atoms with E-state index in [2.05, 4.69) is 10.1 Å². The van der Waals surface area contributed by atoms with Crippen LogP contribution in [0.5, 0.6) is 0 Å². The smallest absolute Gasteiger partial charge is 0.337 e. The fourth-order valence-electron chi connectivity index (χ4n) is 2.28. The van der Waals surface area contributed by atoms with Gasteiger partial charge in [0.15, 0.2) is 5.15 Å². The second-order valence-corrected chi connectivity index (χ2v) is 4.72. The lowest BCUT2D eigenvalue weighted by atomic mass is 10.1. The van der Waals surface area contributed by atoms with Crippen LogP contribution < -0.4 is 5.73 Å². The van der Waals surface area contributed by atoms with E-state index in [0.717, 1.165) is 10.9 Å². The molecule has 0 bridgehead atoms. The maximum atomic E-state index is 11.6. The van der Waals surface area contributed by atoms with Gasteiger partial charge in [-0.1, -0.05) is 11.6 Å². The molecular formula is C13H11ClN4O2. The highest BCUT2D eigenvalue weighted by Gasteiger charge is 2.16. The molecule has 0 aliphatic carbocycles. The normalized spacial score (nSPS) is 11.2. The summed E-state index contributed by atoms with van der Waals surface area (Å²) in [5, 5.41) is 5.77. The minimum atomic E-state index is -0.412. The van der Waals surface area contributed by atoms with E-state index in [0.29, 0.717) is 22.3 Å². The molecule has 0 fully saturated rings. The van der Waals surface area contributed by atoms with Gasteiger partial charge in [-0.25, -0.2) is 9.78 Å². The molecule has 0 saturated heterocycles. The summed E-state index contributed by atoms with van der Waals surface area (Å²) < 4.78 is 6.35. The molecule has 2 N–H and O–H groups in total. The van der Waals surface area contributed by atoms with Crippen molar-refractivity contribution in [2.45, 2.75) is 0 Å². The Labute approximate surface area is 119 Å². The fourth-order valence-corrected chi connectivity index (χ4v) is 2.58. The second-order valence-electron chi connectivity index (χ2n) is 4.36. The molecule has 2 heterocycles. The Bertz CT molecular complexity index is 857. The van der Waals surface area contributed by atoms with Crippen molar-refractivity contribution in [1.29, 1.82) is 0 Å². The van der Waals surface area contributed by atoms with E-state index in [-0.39, 0.29) is 5.15 Å². The minimum Gasteiger partial charge on any atom is -0.465 e. The zero-order valence-corrected chi connectivity index (χ0v) is 11.6. The molecule has 3 aromatic rings. The van der Waals surface area contributed by atoms with Crippen molar-refractivity contribution in [3.63, 3.8) is 0 Å². The van der Waals surface area contributed by atoms with Gasteiger partial charge in [0.05, 0.1) is 29.1 Å². The Morgan fingerprint density at radius 1 is 1.45 bits per heavy atom. The lowest BCUT2D eigenvalue weighted by Gasteiger charge is -2.06. The maximum Gasteiger partial charge on any atom is 0.337 e. The first-order valence-corrected chi connectivity index (χ1v) is 6.20. The number of carbonyl (C=O) groups is 1. The number of hydrogen-bond donors (Lipinski definition) is 1. The first kappa shape index (κ1) is 12.7. The Balaban J connectivity index is 2.47. The molecule has 0 unspecified atom stereocenters. The summed E-state index contributed by atoms with van der Waals surface area (Å²) in [6.45, 7) is 0. The number of esters is 1. The molecule has 0 aliphatic heterocycles. The first-order valence-electron chi connectivity index (χ1n) is 5.82. The molecule has 0 atom stereocenters. The molecule has 20 heavy (non-hydrogen) atoms. The molecule has 0 saturated carbocycles. The van der Waals surface area contributed by atoms with E-state index in [4.69, 9.17) is 22.1 Å². The molecule has 0 spiro atoms. The highest BCUT2D eigenvalue weighted by Crippen LogP contribution is 2.32. The standard InChI is InChI=1S/C13H11ClN4O2/c1-18-10-7-5-6(13(19)20-2)3-4-8(7)16-12(15)9(10)11(14)17-18/h3-5H,1-2H3,(H2,15,16). The number of anilines is 1. The largest absolute Gasteiger partial charge is 0.465 e. The number of aryl methyl sites for hydroxylation is 1. The summed E-state index contributed by atoms with van der Waals surface area (Å²) in [6, 6.07) is 5.07. The van der Waals surface area contributed by atoms with Gasteiger partial charge in [-0.2, -0.15) is 5.10 Å². The summed E-state index contributed by atoms with van der Waals surface area (Å²) in [4.78, 5) is 15.9. The molecule has 7 heteroatoms. The molecular weight excluding hydrogens is 280 g/mol. The van der Waals surface area contributed by atoms with Gasteiger partial charge >= 0.3 is 5.97 Å². The number of carbonyl (C=O) groups excluding carboxylic acids is 1. The second kappa shape index (κ2) is 4.35. The van der Waals surface area contributed by atoms with E-state index in [1.54, 1.807) is 29.9 Å². The van der Waals surface area contributed by atoms with Crippen LogP contribution in [0.15, 0.2) is 18.2 Å². The molecule has 2 aromatic heterocycles. The lowest BCUT2D eigenvalue weighted by molar-refractivity contribution is 0.0601. The van der Waals surface area contributed by atoms with Crippen LogP contribution in [-0.2, 0) is 11.8 Å². The van der Waals surface area contributed by atoms with Crippen LogP contribution in [0.25, 0.3) is 21.8 Å². The van der Waals surface area contributed by atoms with Gasteiger partial charge in [-0.15, -0.1) is 0 Å². The number of ether oxygens (including phenoxy) is 1. The van der Waals surface area contributed by atoms with Crippen LogP contribution in [0.3, 0.4) is 0 Å². The van der Waals surface area contributed by atoms with Gasteiger partial charge in [0.2, 0.25) is 0 Å². The van der Waals surface area contributed by atoms with Crippen LogP contribution >= 0.6 is 11.6 Å². The van der Waals surface area contributed by atoms with Crippen molar-refractivity contribution in [2.24, 2.45) is 7.05 Å². The van der Waals surface area contributed by atoms with Crippen molar-refractivity contribution in [2.75, 3.05) is 12.8 Å². The SMILES string of the molecule is COC(=O)c1ccc2nc(N)c3c(Cl)nn(C)c3c2c1. The number of methoxy groups -OCH3 is 1. The van der Waals surface area contributed by atoms with Crippen molar-refractivity contribution in [3.05, 3.63) is 28.9 Å². The number of fused-ring (bicyclic) bond motifs is 3. The molecule has 3 rings (SSSR count). The van der Waals surface area contributed by atoms with Gasteiger partial charge in [-0.05, 0) is 18.2 Å². The van der Waals surface area contributed by atoms with E-state index in [9.17, 15) is 4.79 Å². The topological polar surface area (TPSA) is 83.0 Å². The number of benzene rings is 1. The Morgan fingerprint density at radius 2 is 2.20 bits per heavy atom. The third-order valence-corrected chi connectivity index (χ3v) is 3.44. The number of hydrogen-bond acceptors (Lipinski definition) is 5. The number of nitrogens with two attached hydrogens (primary N) is 1. The third-order valence-electron chi connectivity index (χ3n) is 3.17. The van der Waals surface area contributed by atoms with Crippen molar-refractivity contribution < 1.29 is 9.53 Å². The predicted octanol–water partition coefficient (Wildman–Crippen LogP) is 2.14. The molecule has 102 valence electrons. The monoisotopic (exact) mass is 290 g/mol. The van der Waals surface area contributed by atoms with Gasteiger partial charge in [0, 0.05) is 12.4 Å². The van der Waals surface area contributed by atoms with Gasteiger partial charge < -0.3 is 10.5 Å². The van der Waals surface area contributed by atoms with Crippen LogP contribution in [0, 0.1) is 0 Å². The van der Waals surface area contributed by atoms with Crippen LogP contribution in [0.2, 0.25) is 5.15 Å². The first-order chi connectivity index (χ1) is 9.52. The lowest BCUT2D eigenvalue weighted by Crippen LogP contribution is -2.02. The van der Waals surface area contributed by atoms with E-state index >= 15 is 0 Å². The van der Waals surface area contributed by atoms with E-state index < -0.39 is 5.97 Å². The summed E-state index contributed by atoms with van der Waals surface area (Å²) in [6.07, 6.45) is 0. The predicted molar refractivity (Wildman–Crippen MR) is 76.8 cm³/mol. The number of nitrogens with zero attached hydrogens (tertiary/aromatic N) is 3. The Kier molecular flexibility index (Phi) is 2.76. The minimum absolute atomic E-state index is 0.290. The zero-order chi connectivity index (χ0) is 14.4. The number of halogens is 1. The third kappa shape index (κ3) is 1.69. The van der Waals surface area contributed by atoms with Crippen LogP contribution in [-0.4, -0.2) is 27.8 Å². The highest BCUT2D eigenvalue weighted by atomic mass is 35.5. The summed E-state index contributed by atoms with van der Waals surface area (Å²) >= 11 is 6.07. The quantitative estimate of drug-likeness (QED) is 0.694. The number of pyridine rings is 1. The van der Waals surface area contributed by atoms with Gasteiger partial charge in [-0.3, -0.25) is 4.68 Å². The molecule has 1 aromatic carbocycles. The molecule has 0 radical (unpaired) electrons. The van der Waals surface area contributed by atoms with E-state index in [1.165, 1.54) is 7.11 Å². The highest BCUT2D eigenvalue weighted by molar-refractivity contribution is 6.36. The van der Waals surface area contributed by atoms with Gasteiger partial charge in [0.1, 0.15) is 5.82 Å². The zero-order valence-electron chi connectivity index (χ0n) is 10.8. The van der Waals surface area contributed by atoms with E-state index in [1.807, 2.05) is 0 Å². The van der Waals surface area contributed by atoms with Gasteiger partial charge in [0.25, 0.3) is 0 Å². The van der Waals surface area contributed by atoms with Crippen LogP contribution in [0.4, 0.5) is 5.82 Å². The van der Waals surface area contributed by atoms with Crippen molar-refractivity contribution >= 4 is 45.2 Å². The average molecular weight is 291 g/mol. The van der Waals surface area contributed by atoms with Crippen molar-refractivity contribution in [3.8, 4) is 0 Å². The Hall–Kier alpha value is -2.34. The molecule has 0 aliphatic rings. The molecule has 0 amide bonds. The summed E-state index contributed by atoms with van der Waals surface area (Å²) in [5.41, 5.74) is 7.76. The number of rotatable bonds is 1. The number of aromatic nitrogens is 3. The van der Waals surface area contributed by atoms with Crippen LogP contribution in [0.1, 0.15) is 10.4 Å².